The van der Waals surface area contributed by atoms with E-state index in [4.69, 9.17) is 9.73 Å². The van der Waals surface area contributed by atoms with Crippen LogP contribution in [0.3, 0.4) is 0 Å². The number of nitrogens with zero attached hydrogens (tertiary/aromatic N) is 1. The molecule has 0 aromatic heterocycles. The van der Waals surface area contributed by atoms with Gasteiger partial charge in [-0.25, -0.2) is 0 Å². The van der Waals surface area contributed by atoms with Gasteiger partial charge in [0.2, 0.25) is 0 Å². The molecular formula is C12H26NO4P. The van der Waals surface area contributed by atoms with Crippen molar-refractivity contribution in [1.82, 2.24) is 0 Å². The molecule has 2 atom stereocenters. The Morgan fingerprint density at radius 2 is 1.89 bits per heavy atom. The second-order valence-corrected chi connectivity index (χ2v) is 7.22. The predicted octanol–water partition coefficient (Wildman–Crippen LogP) is 3.64. The molecule has 0 aliphatic carbocycles. The normalized spacial score (nSPS) is 17.8. The lowest BCUT2D eigenvalue weighted by molar-refractivity contribution is 0.248. The van der Waals surface area contributed by atoms with E-state index in [9.17, 15) is 9.46 Å². The highest BCUT2D eigenvalue weighted by atomic mass is 31.2. The summed E-state index contributed by atoms with van der Waals surface area (Å²) < 4.78 is 16.8. The first-order valence-corrected chi connectivity index (χ1v) is 8.11. The third kappa shape index (κ3) is 7.14. The van der Waals surface area contributed by atoms with Gasteiger partial charge in [-0.1, -0.05) is 38.3 Å². The average Bonchev–Trinajstić information content (AvgIpc) is 2.31. The van der Waals surface area contributed by atoms with Gasteiger partial charge in [0.25, 0.3) is 0 Å². The molecule has 0 aliphatic rings. The molecule has 0 saturated heterocycles. The van der Waals surface area contributed by atoms with Crippen molar-refractivity contribution in [2.75, 3.05) is 6.61 Å². The SMILES string of the molecule is CC(=NO)C(C)P(=O)(O)OCCCCCC(C)C. The Bertz CT molecular complexity index is 304. The smallest absolute Gasteiger partial charge is 0.336 e. The van der Waals surface area contributed by atoms with Crippen LogP contribution in [-0.4, -0.2) is 28.1 Å². The molecule has 6 heteroatoms. The van der Waals surface area contributed by atoms with Gasteiger partial charge in [-0.05, 0) is 26.2 Å². The van der Waals surface area contributed by atoms with Crippen LogP contribution in [0.4, 0.5) is 0 Å². The quantitative estimate of drug-likeness (QED) is 0.222. The van der Waals surface area contributed by atoms with Crippen molar-refractivity contribution < 1.29 is 19.2 Å². The lowest BCUT2D eigenvalue weighted by Gasteiger charge is -2.18. The molecule has 108 valence electrons. The molecule has 0 bridgehead atoms. The minimum Gasteiger partial charge on any atom is -0.411 e. The Hall–Kier alpha value is -0.380. The Morgan fingerprint density at radius 3 is 2.39 bits per heavy atom. The lowest BCUT2D eigenvalue weighted by Crippen LogP contribution is -2.16. The van der Waals surface area contributed by atoms with E-state index in [0.29, 0.717) is 5.92 Å². The summed E-state index contributed by atoms with van der Waals surface area (Å²) in [5, 5.41) is 11.5. The van der Waals surface area contributed by atoms with Crippen molar-refractivity contribution in [3.05, 3.63) is 0 Å². The lowest BCUT2D eigenvalue weighted by atomic mass is 10.1. The minimum absolute atomic E-state index is 0.209. The van der Waals surface area contributed by atoms with Crippen molar-refractivity contribution in [3.63, 3.8) is 0 Å². The van der Waals surface area contributed by atoms with Gasteiger partial charge in [0.1, 0.15) is 0 Å². The van der Waals surface area contributed by atoms with Gasteiger partial charge < -0.3 is 14.6 Å². The summed E-state index contributed by atoms with van der Waals surface area (Å²) in [4.78, 5) is 9.67. The summed E-state index contributed by atoms with van der Waals surface area (Å²) in [7, 11) is -3.71. The molecule has 0 heterocycles. The third-order valence-corrected chi connectivity index (χ3v) is 4.86. The van der Waals surface area contributed by atoms with E-state index < -0.39 is 13.3 Å². The fraction of sp³-hybridized carbons (Fsp3) is 0.917. The average molecular weight is 279 g/mol. The second kappa shape index (κ2) is 8.68. The molecule has 2 unspecified atom stereocenters. The Labute approximate surface area is 110 Å². The number of rotatable bonds is 9. The summed E-state index contributed by atoms with van der Waals surface area (Å²) in [6.07, 6.45) is 4.06. The van der Waals surface area contributed by atoms with Crippen LogP contribution in [0, 0.1) is 5.92 Å². The first-order valence-electron chi connectivity index (χ1n) is 6.46. The van der Waals surface area contributed by atoms with E-state index in [2.05, 4.69) is 19.0 Å². The minimum atomic E-state index is -3.71. The summed E-state index contributed by atoms with van der Waals surface area (Å²) in [6, 6.07) is 0. The fourth-order valence-electron chi connectivity index (χ4n) is 1.46. The summed E-state index contributed by atoms with van der Waals surface area (Å²) in [5.74, 6) is 0.693. The summed E-state index contributed by atoms with van der Waals surface area (Å²) >= 11 is 0. The van der Waals surface area contributed by atoms with E-state index in [-0.39, 0.29) is 12.3 Å². The van der Waals surface area contributed by atoms with Crippen LogP contribution < -0.4 is 0 Å². The van der Waals surface area contributed by atoms with Gasteiger partial charge in [-0.15, -0.1) is 0 Å². The van der Waals surface area contributed by atoms with Crippen LogP contribution in [0.25, 0.3) is 0 Å². The van der Waals surface area contributed by atoms with Crippen LogP contribution in [-0.2, 0) is 9.09 Å². The van der Waals surface area contributed by atoms with Crippen molar-refractivity contribution in [2.24, 2.45) is 11.1 Å². The molecular weight excluding hydrogens is 253 g/mol. The van der Waals surface area contributed by atoms with E-state index >= 15 is 0 Å². The molecule has 0 fully saturated rings. The molecule has 0 aromatic rings. The topological polar surface area (TPSA) is 79.1 Å². The van der Waals surface area contributed by atoms with Crippen LogP contribution in [0.15, 0.2) is 5.16 Å². The van der Waals surface area contributed by atoms with E-state index in [0.717, 1.165) is 19.3 Å². The first-order chi connectivity index (χ1) is 8.31. The van der Waals surface area contributed by atoms with Crippen molar-refractivity contribution >= 4 is 13.3 Å². The fourth-order valence-corrected chi connectivity index (χ4v) is 2.60. The standard InChI is InChI=1S/C12H26NO4P/c1-10(2)8-6-5-7-9-17-18(15,16)12(4)11(3)13-14/h10,12,14H,5-9H2,1-4H3,(H,15,16). The maximum atomic E-state index is 11.8. The highest BCUT2D eigenvalue weighted by molar-refractivity contribution is 7.54. The molecule has 0 aromatic carbocycles. The van der Waals surface area contributed by atoms with Crippen molar-refractivity contribution in [3.8, 4) is 0 Å². The van der Waals surface area contributed by atoms with Gasteiger partial charge >= 0.3 is 7.60 Å². The van der Waals surface area contributed by atoms with E-state index in [1.807, 2.05) is 0 Å². The number of hydrogen-bond acceptors (Lipinski definition) is 4. The highest BCUT2D eigenvalue weighted by Crippen LogP contribution is 2.47. The van der Waals surface area contributed by atoms with Crippen molar-refractivity contribution in [1.29, 1.82) is 0 Å². The molecule has 2 N–H and O–H groups in total. The second-order valence-electron chi connectivity index (χ2n) is 5.06. The predicted molar refractivity (Wildman–Crippen MR) is 73.4 cm³/mol. The van der Waals surface area contributed by atoms with Gasteiger partial charge in [0.05, 0.1) is 18.0 Å². The summed E-state index contributed by atoms with van der Waals surface area (Å²) in [5.41, 5.74) is -0.557. The maximum Gasteiger partial charge on any atom is 0.336 e. The number of hydrogen-bond donors (Lipinski definition) is 2. The van der Waals surface area contributed by atoms with Crippen LogP contribution in [0.2, 0.25) is 0 Å². The number of unbranched alkanes of at least 4 members (excludes halogenated alkanes) is 2. The Kier molecular flexibility index (Phi) is 8.49. The zero-order chi connectivity index (χ0) is 14.2. The van der Waals surface area contributed by atoms with Gasteiger partial charge in [-0.3, -0.25) is 4.57 Å². The molecule has 0 rings (SSSR count). The molecule has 0 aliphatic heterocycles. The van der Waals surface area contributed by atoms with Crippen molar-refractivity contribution in [2.45, 2.75) is 59.0 Å². The first kappa shape index (κ1) is 17.6. The van der Waals surface area contributed by atoms with Crippen LogP contribution in [0.5, 0.6) is 0 Å². The van der Waals surface area contributed by atoms with Gasteiger partial charge in [0.15, 0.2) is 0 Å². The molecule has 0 amide bonds. The highest BCUT2D eigenvalue weighted by Gasteiger charge is 2.30. The Balaban J connectivity index is 3.88. The zero-order valence-corrected chi connectivity index (χ0v) is 12.7. The van der Waals surface area contributed by atoms with Crippen LogP contribution >= 0.6 is 7.60 Å². The zero-order valence-electron chi connectivity index (χ0n) is 11.8. The molecule has 0 radical (unpaired) electrons. The van der Waals surface area contributed by atoms with E-state index in [1.54, 1.807) is 0 Å². The van der Waals surface area contributed by atoms with Gasteiger partial charge in [-0.2, -0.15) is 0 Å². The monoisotopic (exact) mass is 279 g/mol. The Morgan fingerprint density at radius 1 is 1.28 bits per heavy atom. The molecule has 18 heavy (non-hydrogen) atoms. The van der Waals surface area contributed by atoms with E-state index in [1.165, 1.54) is 20.3 Å². The van der Waals surface area contributed by atoms with Crippen LogP contribution in [0.1, 0.15) is 53.4 Å². The summed E-state index contributed by atoms with van der Waals surface area (Å²) in [6.45, 7) is 7.65. The molecule has 0 spiro atoms. The largest absolute Gasteiger partial charge is 0.411 e. The van der Waals surface area contributed by atoms with Gasteiger partial charge in [0, 0.05) is 0 Å². The number of oxime groups is 1. The molecule has 0 saturated carbocycles. The maximum absolute atomic E-state index is 11.8. The third-order valence-electron chi connectivity index (χ3n) is 2.95. The molecule has 5 nitrogen and oxygen atoms in total.